The van der Waals surface area contributed by atoms with Crippen molar-refractivity contribution in [3.8, 4) is 17.3 Å². The number of hydrogen-bond acceptors (Lipinski definition) is 6. The fourth-order valence-electron chi connectivity index (χ4n) is 4.33. The quantitative estimate of drug-likeness (QED) is 0.582. The number of aromatic nitrogens is 2. The second-order valence-electron chi connectivity index (χ2n) is 8.78. The summed E-state index contributed by atoms with van der Waals surface area (Å²) in [6.07, 6.45) is 2.26. The molecule has 0 radical (unpaired) electrons. The molecule has 8 heteroatoms. The molecule has 1 amide bonds. The molecule has 4 rings (SSSR count). The minimum absolute atomic E-state index is 0.0508. The van der Waals surface area contributed by atoms with Crippen LogP contribution in [0.2, 0.25) is 0 Å². The molecule has 1 atom stereocenters. The second-order valence-corrected chi connectivity index (χ2v) is 8.78. The minimum atomic E-state index is -0.404. The van der Waals surface area contributed by atoms with E-state index in [0.29, 0.717) is 41.4 Å². The van der Waals surface area contributed by atoms with E-state index in [4.69, 9.17) is 0 Å². The van der Waals surface area contributed by atoms with Crippen molar-refractivity contribution in [1.82, 2.24) is 14.9 Å². The Hall–Kier alpha value is -3.83. The summed E-state index contributed by atoms with van der Waals surface area (Å²) < 4.78 is 14.1. The maximum absolute atomic E-state index is 14.1. The molecule has 2 aromatic carbocycles. The summed E-state index contributed by atoms with van der Waals surface area (Å²) in [6.45, 7) is 3.35. The van der Waals surface area contributed by atoms with E-state index in [0.717, 1.165) is 17.7 Å². The van der Waals surface area contributed by atoms with Crippen molar-refractivity contribution in [2.45, 2.75) is 25.8 Å². The average molecular weight is 459 g/mol. The molecule has 0 saturated heterocycles. The van der Waals surface area contributed by atoms with Crippen molar-refractivity contribution in [3.63, 3.8) is 0 Å². The van der Waals surface area contributed by atoms with Gasteiger partial charge in [0.15, 0.2) is 0 Å². The van der Waals surface area contributed by atoms with E-state index in [1.807, 2.05) is 20.2 Å². The van der Waals surface area contributed by atoms with Crippen LogP contribution in [0.25, 0.3) is 11.3 Å². The van der Waals surface area contributed by atoms with Crippen LogP contribution in [0.15, 0.2) is 48.7 Å². The third-order valence-corrected chi connectivity index (χ3v) is 5.75. The number of benzene rings is 2. The van der Waals surface area contributed by atoms with Crippen LogP contribution in [0.1, 0.15) is 23.6 Å². The summed E-state index contributed by atoms with van der Waals surface area (Å²) >= 11 is 0. The van der Waals surface area contributed by atoms with Gasteiger partial charge in [0.1, 0.15) is 11.9 Å². The van der Waals surface area contributed by atoms with Gasteiger partial charge in [-0.25, -0.2) is 14.4 Å². The van der Waals surface area contributed by atoms with E-state index < -0.39 is 5.82 Å². The highest BCUT2D eigenvalue weighted by molar-refractivity contribution is 5.98. The van der Waals surface area contributed by atoms with Gasteiger partial charge < -0.3 is 15.1 Å². The molecule has 0 bridgehead atoms. The number of nitriles is 1. The number of halogens is 1. The Labute approximate surface area is 198 Å². The number of amides is 1. The van der Waals surface area contributed by atoms with Crippen LogP contribution in [-0.4, -0.2) is 54.0 Å². The van der Waals surface area contributed by atoms with Crippen LogP contribution in [0.3, 0.4) is 0 Å². The summed E-state index contributed by atoms with van der Waals surface area (Å²) in [6, 6.07) is 14.2. The van der Waals surface area contributed by atoms with Gasteiger partial charge in [0.2, 0.25) is 11.9 Å². The van der Waals surface area contributed by atoms with Gasteiger partial charge in [0.05, 0.1) is 23.4 Å². The molecule has 0 fully saturated rings. The van der Waals surface area contributed by atoms with Gasteiger partial charge in [-0.3, -0.25) is 4.79 Å². The third-order valence-electron chi connectivity index (χ3n) is 5.75. The summed E-state index contributed by atoms with van der Waals surface area (Å²) in [5, 5.41) is 13.2. The van der Waals surface area contributed by atoms with Crippen LogP contribution in [0.5, 0.6) is 0 Å². The molecule has 0 aliphatic carbocycles. The highest BCUT2D eigenvalue weighted by atomic mass is 19.1. The molecule has 1 unspecified atom stereocenters. The van der Waals surface area contributed by atoms with Crippen LogP contribution >= 0.6 is 0 Å². The molecule has 0 saturated carbocycles. The summed E-state index contributed by atoms with van der Waals surface area (Å²) in [5.41, 5.74) is 3.76. The highest BCUT2D eigenvalue weighted by Gasteiger charge is 2.29. The number of carbonyl (C=O) groups excluding carboxylic acids is 1. The van der Waals surface area contributed by atoms with Crippen molar-refractivity contribution >= 4 is 17.5 Å². The van der Waals surface area contributed by atoms with E-state index in [2.05, 4.69) is 33.2 Å². The number of anilines is 2. The topological polar surface area (TPSA) is 85.2 Å². The molecule has 1 N–H and O–H groups in total. The number of nitrogens with zero attached hydrogens (tertiary/aromatic N) is 5. The predicted octanol–water partition coefficient (Wildman–Crippen LogP) is 3.65. The highest BCUT2D eigenvalue weighted by Crippen LogP contribution is 2.36. The first-order chi connectivity index (χ1) is 16.4. The van der Waals surface area contributed by atoms with Gasteiger partial charge >= 0.3 is 0 Å². The van der Waals surface area contributed by atoms with Crippen molar-refractivity contribution in [2.24, 2.45) is 0 Å². The Kier molecular flexibility index (Phi) is 6.85. The Balaban J connectivity index is 1.60. The van der Waals surface area contributed by atoms with Crippen LogP contribution in [0.4, 0.5) is 16.0 Å². The Bertz CT molecular complexity index is 1250. The SMILES string of the molecule is CC(CN(C)C)Nc1nccc(-c2cc(C#N)c3c(c2)CCN3C(=O)Cc2ccccc2F)n1. The standard InChI is InChI=1S/C26H27FN6O/c1-17(16-32(2)3)30-26-29-10-8-23(31-26)20-12-19-9-11-33(25(19)21(13-20)15-28)24(34)14-18-6-4-5-7-22(18)27/h4-8,10,12-13,17H,9,11,14,16H2,1-3H3,(H,29,30,31). The lowest BCUT2D eigenvalue weighted by Crippen LogP contribution is -2.31. The fourth-order valence-corrected chi connectivity index (χ4v) is 4.33. The molecule has 0 spiro atoms. The van der Waals surface area contributed by atoms with Gasteiger partial charge in [-0.2, -0.15) is 5.26 Å². The Morgan fingerprint density at radius 3 is 2.82 bits per heavy atom. The number of nitrogens with one attached hydrogen (secondary N) is 1. The van der Waals surface area contributed by atoms with Gasteiger partial charge in [-0.05, 0) is 62.8 Å². The number of rotatable bonds is 7. The number of carbonyl (C=O) groups is 1. The molecular weight excluding hydrogens is 431 g/mol. The summed E-state index contributed by atoms with van der Waals surface area (Å²) in [7, 11) is 4.02. The zero-order chi connectivity index (χ0) is 24.2. The van der Waals surface area contributed by atoms with Crippen molar-refractivity contribution < 1.29 is 9.18 Å². The third kappa shape index (κ3) is 5.05. The monoisotopic (exact) mass is 458 g/mol. The van der Waals surface area contributed by atoms with E-state index >= 15 is 0 Å². The van der Waals surface area contributed by atoms with Gasteiger partial charge in [0, 0.05) is 30.9 Å². The van der Waals surface area contributed by atoms with Crippen molar-refractivity contribution in [1.29, 1.82) is 5.26 Å². The van der Waals surface area contributed by atoms with Gasteiger partial charge in [-0.1, -0.05) is 18.2 Å². The van der Waals surface area contributed by atoms with Gasteiger partial charge in [-0.15, -0.1) is 0 Å². The zero-order valence-electron chi connectivity index (χ0n) is 19.5. The van der Waals surface area contributed by atoms with Crippen LogP contribution < -0.4 is 10.2 Å². The molecule has 2 heterocycles. The lowest BCUT2D eigenvalue weighted by atomic mass is 10.0. The summed E-state index contributed by atoms with van der Waals surface area (Å²) in [5.74, 6) is -0.108. The van der Waals surface area contributed by atoms with E-state index in [-0.39, 0.29) is 18.4 Å². The van der Waals surface area contributed by atoms with Crippen molar-refractivity contribution in [2.75, 3.05) is 37.4 Å². The Morgan fingerprint density at radius 1 is 1.29 bits per heavy atom. The maximum Gasteiger partial charge on any atom is 0.231 e. The lowest BCUT2D eigenvalue weighted by Gasteiger charge is -2.20. The molecule has 1 aliphatic heterocycles. The normalized spacial score (nSPS) is 13.5. The predicted molar refractivity (Wildman–Crippen MR) is 130 cm³/mol. The number of fused-ring (bicyclic) bond motifs is 1. The molecule has 1 aromatic heterocycles. The maximum atomic E-state index is 14.1. The molecule has 174 valence electrons. The van der Waals surface area contributed by atoms with E-state index in [1.54, 1.807) is 41.4 Å². The zero-order valence-corrected chi connectivity index (χ0v) is 19.5. The average Bonchev–Trinajstić information content (AvgIpc) is 3.24. The molecule has 3 aromatic rings. The first-order valence-corrected chi connectivity index (χ1v) is 11.2. The lowest BCUT2D eigenvalue weighted by molar-refractivity contribution is -0.117. The first-order valence-electron chi connectivity index (χ1n) is 11.2. The first kappa shape index (κ1) is 23.3. The molecule has 1 aliphatic rings. The van der Waals surface area contributed by atoms with Crippen molar-refractivity contribution in [3.05, 3.63) is 71.2 Å². The van der Waals surface area contributed by atoms with Gasteiger partial charge in [0.25, 0.3) is 0 Å². The summed E-state index contributed by atoms with van der Waals surface area (Å²) in [4.78, 5) is 25.6. The number of likely N-dealkylation sites (N-methyl/N-ethyl adjacent to an activating group) is 1. The van der Waals surface area contributed by atoms with Crippen LogP contribution in [0, 0.1) is 17.1 Å². The van der Waals surface area contributed by atoms with Crippen LogP contribution in [-0.2, 0) is 17.6 Å². The van der Waals surface area contributed by atoms with E-state index in [1.165, 1.54) is 6.07 Å². The second kappa shape index (κ2) is 9.98. The minimum Gasteiger partial charge on any atom is -0.350 e. The smallest absolute Gasteiger partial charge is 0.231 e. The molecular formula is C26H27FN6O. The Morgan fingerprint density at radius 2 is 2.09 bits per heavy atom. The van der Waals surface area contributed by atoms with E-state index in [9.17, 15) is 14.4 Å². The molecule has 7 nitrogen and oxygen atoms in total. The number of hydrogen-bond donors (Lipinski definition) is 1. The molecule has 34 heavy (non-hydrogen) atoms. The largest absolute Gasteiger partial charge is 0.350 e. The fraction of sp³-hybridized carbons (Fsp3) is 0.308.